The Hall–Kier alpha value is -1.26. The van der Waals surface area contributed by atoms with Crippen LogP contribution in [0.1, 0.15) is 42.1 Å². The van der Waals surface area contributed by atoms with Crippen LogP contribution in [-0.2, 0) is 0 Å². The molecule has 2 rings (SSSR count). The molecule has 0 amide bonds. The molecule has 0 aliphatic heterocycles. The van der Waals surface area contributed by atoms with Crippen molar-refractivity contribution in [1.82, 2.24) is 10.3 Å². The van der Waals surface area contributed by atoms with Crippen molar-refractivity contribution in [3.8, 4) is 0 Å². The Morgan fingerprint density at radius 1 is 1.22 bits per heavy atom. The van der Waals surface area contributed by atoms with Crippen LogP contribution in [-0.4, -0.2) is 4.98 Å². The molecule has 2 unspecified atom stereocenters. The van der Waals surface area contributed by atoms with Crippen LogP contribution in [0.4, 0.5) is 4.39 Å². The number of nitrogens with zero attached hydrogens (tertiary/aromatic N) is 1. The van der Waals surface area contributed by atoms with Crippen LogP contribution >= 0.6 is 11.3 Å². The van der Waals surface area contributed by atoms with Gasteiger partial charge in [0.2, 0.25) is 0 Å². The van der Waals surface area contributed by atoms with Gasteiger partial charge in [0.05, 0.1) is 11.2 Å². The normalized spacial score (nSPS) is 14.4. The van der Waals surface area contributed by atoms with E-state index < -0.39 is 0 Å². The van der Waals surface area contributed by atoms with E-state index in [1.165, 1.54) is 10.9 Å². The molecule has 1 heterocycles. The van der Waals surface area contributed by atoms with Gasteiger partial charge in [0.15, 0.2) is 0 Å². The molecule has 18 heavy (non-hydrogen) atoms. The maximum Gasteiger partial charge on any atom is 0.127 e. The van der Waals surface area contributed by atoms with Gasteiger partial charge < -0.3 is 5.32 Å². The van der Waals surface area contributed by atoms with Crippen molar-refractivity contribution in [2.45, 2.75) is 32.9 Å². The second kappa shape index (κ2) is 5.59. The predicted molar refractivity (Wildman–Crippen MR) is 73.2 cm³/mol. The molecule has 4 heteroatoms. The highest BCUT2D eigenvalue weighted by Crippen LogP contribution is 2.25. The summed E-state index contributed by atoms with van der Waals surface area (Å²) in [5, 5.41) is 3.41. The minimum atomic E-state index is -0.161. The zero-order valence-electron chi connectivity index (χ0n) is 10.8. The average molecular weight is 264 g/mol. The van der Waals surface area contributed by atoms with Crippen molar-refractivity contribution in [3.63, 3.8) is 0 Å². The summed E-state index contributed by atoms with van der Waals surface area (Å²) in [6, 6.07) is 7.03. The van der Waals surface area contributed by atoms with Gasteiger partial charge in [-0.05, 0) is 26.8 Å². The summed E-state index contributed by atoms with van der Waals surface area (Å²) in [6.45, 7) is 6.06. The summed E-state index contributed by atoms with van der Waals surface area (Å²) in [6.07, 6.45) is 0. The van der Waals surface area contributed by atoms with Crippen LogP contribution < -0.4 is 5.32 Å². The maximum absolute atomic E-state index is 13.7. The van der Waals surface area contributed by atoms with Crippen molar-refractivity contribution >= 4 is 11.3 Å². The molecule has 0 spiro atoms. The summed E-state index contributed by atoms with van der Waals surface area (Å²) in [5.41, 5.74) is 3.59. The summed E-state index contributed by atoms with van der Waals surface area (Å²) in [7, 11) is 0. The first-order valence-corrected chi connectivity index (χ1v) is 6.88. The van der Waals surface area contributed by atoms with Crippen molar-refractivity contribution in [2.24, 2.45) is 0 Å². The number of aryl methyl sites for hydroxylation is 1. The fourth-order valence-electron chi connectivity index (χ4n) is 2.09. The number of hydrogen-bond acceptors (Lipinski definition) is 3. The molecule has 1 aromatic carbocycles. The Morgan fingerprint density at radius 2 is 1.94 bits per heavy atom. The Bertz CT molecular complexity index is 524. The first-order chi connectivity index (χ1) is 8.59. The highest BCUT2D eigenvalue weighted by atomic mass is 32.1. The molecule has 1 aromatic heterocycles. The van der Waals surface area contributed by atoms with Crippen LogP contribution in [0.3, 0.4) is 0 Å². The Morgan fingerprint density at radius 3 is 2.56 bits per heavy atom. The molecule has 0 bridgehead atoms. The largest absolute Gasteiger partial charge is 0.303 e. The molecule has 2 nitrogen and oxygen atoms in total. The van der Waals surface area contributed by atoms with Crippen LogP contribution in [0.15, 0.2) is 29.8 Å². The molecule has 0 saturated carbocycles. The molecule has 2 atom stereocenters. The lowest BCUT2D eigenvalue weighted by atomic mass is 10.1. The standard InChI is InChI=1S/C14H17FN2S/c1-9(12-6-4-5-7-13(12)15)17-11(3)14-10(2)16-8-18-14/h4-9,11,17H,1-3H3. The second-order valence-electron chi connectivity index (χ2n) is 4.43. The molecule has 0 saturated heterocycles. The van der Waals surface area contributed by atoms with E-state index >= 15 is 0 Å². The first-order valence-electron chi connectivity index (χ1n) is 6.00. The lowest BCUT2D eigenvalue weighted by molar-refractivity contribution is 0.476. The highest BCUT2D eigenvalue weighted by Gasteiger charge is 2.16. The third-order valence-corrected chi connectivity index (χ3v) is 4.16. The number of hydrogen-bond donors (Lipinski definition) is 1. The van der Waals surface area contributed by atoms with Gasteiger partial charge in [0.1, 0.15) is 5.82 Å². The van der Waals surface area contributed by atoms with Gasteiger partial charge in [0.25, 0.3) is 0 Å². The number of nitrogens with one attached hydrogen (secondary N) is 1. The highest BCUT2D eigenvalue weighted by molar-refractivity contribution is 7.09. The zero-order valence-corrected chi connectivity index (χ0v) is 11.6. The molecule has 0 radical (unpaired) electrons. The van der Waals surface area contributed by atoms with Gasteiger partial charge in [-0.3, -0.25) is 0 Å². The molecule has 96 valence electrons. The Labute approximate surface area is 111 Å². The number of rotatable bonds is 4. The fourth-order valence-corrected chi connectivity index (χ4v) is 2.91. The quantitative estimate of drug-likeness (QED) is 0.902. The molecular formula is C14H17FN2S. The number of aromatic nitrogens is 1. The van der Waals surface area contributed by atoms with Gasteiger partial charge in [-0.1, -0.05) is 18.2 Å². The van der Waals surface area contributed by atoms with Crippen molar-refractivity contribution in [1.29, 1.82) is 0 Å². The topological polar surface area (TPSA) is 24.9 Å². The van der Waals surface area contributed by atoms with E-state index in [9.17, 15) is 4.39 Å². The first kappa shape index (κ1) is 13.2. The van der Waals surface area contributed by atoms with E-state index in [0.29, 0.717) is 5.56 Å². The van der Waals surface area contributed by atoms with E-state index in [1.54, 1.807) is 17.4 Å². The Balaban J connectivity index is 2.11. The number of thiazole rings is 1. The van der Waals surface area contributed by atoms with E-state index in [4.69, 9.17) is 0 Å². The molecule has 1 N–H and O–H groups in total. The van der Waals surface area contributed by atoms with Gasteiger partial charge in [-0.25, -0.2) is 9.37 Å². The third kappa shape index (κ3) is 2.76. The smallest absolute Gasteiger partial charge is 0.127 e. The minimum absolute atomic E-state index is 0.0253. The van der Waals surface area contributed by atoms with Crippen molar-refractivity contribution in [3.05, 3.63) is 51.7 Å². The fraction of sp³-hybridized carbons (Fsp3) is 0.357. The lowest BCUT2D eigenvalue weighted by Crippen LogP contribution is -2.23. The second-order valence-corrected chi connectivity index (χ2v) is 5.32. The van der Waals surface area contributed by atoms with Crippen LogP contribution in [0.2, 0.25) is 0 Å². The monoisotopic (exact) mass is 264 g/mol. The van der Waals surface area contributed by atoms with E-state index in [1.807, 2.05) is 31.5 Å². The van der Waals surface area contributed by atoms with Crippen LogP contribution in [0.25, 0.3) is 0 Å². The van der Waals surface area contributed by atoms with Gasteiger partial charge in [0, 0.05) is 22.5 Å². The number of benzene rings is 1. The third-order valence-electron chi connectivity index (χ3n) is 3.05. The van der Waals surface area contributed by atoms with Crippen molar-refractivity contribution in [2.75, 3.05) is 0 Å². The summed E-state index contributed by atoms with van der Waals surface area (Å²) < 4.78 is 13.7. The van der Waals surface area contributed by atoms with Gasteiger partial charge in [-0.15, -0.1) is 11.3 Å². The van der Waals surface area contributed by atoms with E-state index in [2.05, 4.69) is 17.2 Å². The SMILES string of the molecule is Cc1ncsc1C(C)NC(C)c1ccccc1F. The van der Waals surface area contributed by atoms with Crippen LogP contribution in [0.5, 0.6) is 0 Å². The van der Waals surface area contributed by atoms with Gasteiger partial charge in [-0.2, -0.15) is 0 Å². The van der Waals surface area contributed by atoms with Crippen LogP contribution in [0, 0.1) is 12.7 Å². The molecule has 2 aromatic rings. The van der Waals surface area contributed by atoms with E-state index in [-0.39, 0.29) is 17.9 Å². The lowest BCUT2D eigenvalue weighted by Gasteiger charge is -2.20. The molecule has 0 aliphatic rings. The zero-order chi connectivity index (χ0) is 13.1. The summed E-state index contributed by atoms with van der Waals surface area (Å²) >= 11 is 1.63. The van der Waals surface area contributed by atoms with Crippen molar-refractivity contribution < 1.29 is 4.39 Å². The summed E-state index contributed by atoms with van der Waals surface area (Å²) in [5.74, 6) is -0.161. The van der Waals surface area contributed by atoms with E-state index in [0.717, 1.165) is 5.69 Å². The number of halogens is 1. The van der Waals surface area contributed by atoms with Gasteiger partial charge >= 0.3 is 0 Å². The Kier molecular flexibility index (Phi) is 4.09. The predicted octanol–water partition coefficient (Wildman–Crippen LogP) is 4.00. The minimum Gasteiger partial charge on any atom is -0.303 e. The molecule has 0 fully saturated rings. The average Bonchev–Trinajstić information content (AvgIpc) is 2.76. The maximum atomic E-state index is 13.7. The molecule has 0 aliphatic carbocycles. The summed E-state index contributed by atoms with van der Waals surface area (Å²) in [4.78, 5) is 5.45. The molecular weight excluding hydrogens is 247 g/mol.